The number of nitrogens with one attached hydrogen (secondary N) is 1. The lowest BCUT2D eigenvalue weighted by molar-refractivity contribution is -0.137. The predicted molar refractivity (Wildman–Crippen MR) is 90.3 cm³/mol. The number of halogens is 3. The number of carbonyl (C=O) groups is 1. The van der Waals surface area contributed by atoms with E-state index in [-0.39, 0.29) is 16.9 Å². The molecule has 27 heavy (non-hydrogen) atoms. The summed E-state index contributed by atoms with van der Waals surface area (Å²) in [4.78, 5) is 40.4. The molecule has 0 bridgehead atoms. The molecule has 142 valence electrons. The van der Waals surface area contributed by atoms with Gasteiger partial charge in [0.1, 0.15) is 6.54 Å². The van der Waals surface area contributed by atoms with E-state index >= 15 is 0 Å². The second-order valence-electron chi connectivity index (χ2n) is 5.84. The standard InChI is InChI=1S/C16H14F3N5O3/c1-22-13-12(14(26)23(2)15(22)27)24(8-20-13)7-11(25)21-10-6-4-3-5-9(10)16(17,18)19/h3-6,8H,7H2,1-2H3,(H,21,25). The third-order valence-electron chi connectivity index (χ3n) is 4.04. The smallest absolute Gasteiger partial charge is 0.324 e. The quantitative estimate of drug-likeness (QED) is 0.735. The number of aromatic nitrogens is 4. The Morgan fingerprint density at radius 2 is 1.81 bits per heavy atom. The molecular formula is C16H14F3N5O3. The minimum Gasteiger partial charge on any atom is -0.324 e. The fourth-order valence-electron chi connectivity index (χ4n) is 2.70. The number of carbonyl (C=O) groups excluding carboxylic acids is 1. The maximum atomic E-state index is 13.0. The number of nitrogens with zero attached hydrogens (tertiary/aromatic N) is 4. The van der Waals surface area contributed by atoms with Crippen molar-refractivity contribution in [3.63, 3.8) is 0 Å². The van der Waals surface area contributed by atoms with E-state index in [1.54, 1.807) is 0 Å². The van der Waals surface area contributed by atoms with Gasteiger partial charge in [-0.15, -0.1) is 0 Å². The normalized spacial score (nSPS) is 11.7. The lowest BCUT2D eigenvalue weighted by Gasteiger charge is -2.13. The molecule has 0 atom stereocenters. The molecule has 1 amide bonds. The van der Waals surface area contributed by atoms with Crippen LogP contribution >= 0.6 is 0 Å². The molecule has 1 N–H and O–H groups in total. The molecule has 3 rings (SSSR count). The zero-order valence-electron chi connectivity index (χ0n) is 14.2. The maximum absolute atomic E-state index is 13.0. The molecule has 2 heterocycles. The van der Waals surface area contributed by atoms with Crippen LogP contribution < -0.4 is 16.6 Å². The molecule has 8 nitrogen and oxygen atoms in total. The van der Waals surface area contributed by atoms with Crippen LogP contribution in [0.15, 0.2) is 40.2 Å². The third kappa shape index (κ3) is 3.23. The number of imidazole rings is 1. The zero-order chi connectivity index (χ0) is 19.9. The van der Waals surface area contributed by atoms with Gasteiger partial charge in [-0.1, -0.05) is 12.1 Å². The summed E-state index contributed by atoms with van der Waals surface area (Å²) >= 11 is 0. The fraction of sp³-hybridized carbons (Fsp3) is 0.250. The average molecular weight is 381 g/mol. The summed E-state index contributed by atoms with van der Waals surface area (Å²) in [5.41, 5.74) is -2.53. The summed E-state index contributed by atoms with van der Waals surface area (Å²) < 4.78 is 42.2. The molecule has 0 unspecified atom stereocenters. The Bertz CT molecular complexity index is 1160. The van der Waals surface area contributed by atoms with Crippen LogP contribution in [0.1, 0.15) is 5.56 Å². The number of anilines is 1. The molecule has 0 saturated heterocycles. The van der Waals surface area contributed by atoms with Crippen LogP contribution in [0.3, 0.4) is 0 Å². The van der Waals surface area contributed by atoms with Crippen molar-refractivity contribution < 1.29 is 18.0 Å². The van der Waals surface area contributed by atoms with Gasteiger partial charge in [0.2, 0.25) is 5.91 Å². The highest BCUT2D eigenvalue weighted by Crippen LogP contribution is 2.34. The number of para-hydroxylation sites is 1. The van der Waals surface area contributed by atoms with E-state index in [0.717, 1.165) is 21.3 Å². The maximum Gasteiger partial charge on any atom is 0.418 e. The Kier molecular flexibility index (Phi) is 4.38. The lowest BCUT2D eigenvalue weighted by atomic mass is 10.1. The van der Waals surface area contributed by atoms with Gasteiger partial charge in [-0.2, -0.15) is 13.2 Å². The molecular weight excluding hydrogens is 367 g/mol. The van der Waals surface area contributed by atoms with Crippen molar-refractivity contribution in [1.82, 2.24) is 18.7 Å². The van der Waals surface area contributed by atoms with Gasteiger partial charge in [0, 0.05) is 14.1 Å². The zero-order valence-corrected chi connectivity index (χ0v) is 14.2. The van der Waals surface area contributed by atoms with Gasteiger partial charge in [0.05, 0.1) is 17.6 Å². The first kappa shape index (κ1) is 18.4. The lowest BCUT2D eigenvalue weighted by Crippen LogP contribution is -2.37. The summed E-state index contributed by atoms with van der Waals surface area (Å²) in [5.74, 6) is -0.776. The third-order valence-corrected chi connectivity index (χ3v) is 4.04. The van der Waals surface area contributed by atoms with Crippen molar-refractivity contribution in [3.8, 4) is 0 Å². The first-order chi connectivity index (χ1) is 12.6. The number of hydrogen-bond acceptors (Lipinski definition) is 4. The summed E-state index contributed by atoms with van der Waals surface area (Å²) in [6, 6.07) is 4.57. The van der Waals surface area contributed by atoms with Crippen molar-refractivity contribution in [1.29, 1.82) is 0 Å². The molecule has 0 saturated carbocycles. The van der Waals surface area contributed by atoms with Crippen LogP contribution in [0.2, 0.25) is 0 Å². The Labute approximate surface area is 149 Å². The number of rotatable bonds is 3. The van der Waals surface area contributed by atoms with Gasteiger partial charge in [-0.05, 0) is 12.1 Å². The van der Waals surface area contributed by atoms with Crippen LogP contribution in [0.25, 0.3) is 11.2 Å². The van der Waals surface area contributed by atoms with Crippen molar-refractivity contribution in [2.45, 2.75) is 12.7 Å². The molecule has 0 radical (unpaired) electrons. The van der Waals surface area contributed by atoms with E-state index < -0.39 is 35.4 Å². The summed E-state index contributed by atoms with van der Waals surface area (Å²) in [5, 5.41) is 2.20. The number of hydrogen-bond donors (Lipinski definition) is 1. The van der Waals surface area contributed by atoms with Gasteiger partial charge < -0.3 is 9.88 Å². The molecule has 0 fully saturated rings. The van der Waals surface area contributed by atoms with Crippen LogP contribution in [0.5, 0.6) is 0 Å². The van der Waals surface area contributed by atoms with Crippen molar-refractivity contribution >= 4 is 22.8 Å². The second-order valence-corrected chi connectivity index (χ2v) is 5.84. The molecule has 3 aromatic rings. The van der Waals surface area contributed by atoms with E-state index in [1.807, 2.05) is 0 Å². The highest BCUT2D eigenvalue weighted by molar-refractivity contribution is 5.92. The largest absolute Gasteiger partial charge is 0.418 e. The van der Waals surface area contributed by atoms with E-state index in [1.165, 1.54) is 37.1 Å². The predicted octanol–water partition coefficient (Wildman–Crippen LogP) is 1.09. The summed E-state index contributed by atoms with van der Waals surface area (Å²) in [7, 11) is 2.70. The SMILES string of the molecule is Cn1c(=O)c2c(ncn2CC(=O)Nc2ccccc2C(F)(F)F)n(C)c1=O. The number of aryl methyl sites for hydroxylation is 1. The van der Waals surface area contributed by atoms with E-state index in [9.17, 15) is 27.6 Å². The topological polar surface area (TPSA) is 90.9 Å². The Morgan fingerprint density at radius 3 is 2.48 bits per heavy atom. The minimum atomic E-state index is -4.63. The number of amides is 1. The van der Waals surface area contributed by atoms with E-state index in [4.69, 9.17) is 0 Å². The second kappa shape index (κ2) is 6.41. The number of alkyl halides is 3. The first-order valence-electron chi connectivity index (χ1n) is 7.68. The van der Waals surface area contributed by atoms with Gasteiger partial charge in [-0.25, -0.2) is 9.78 Å². The van der Waals surface area contributed by atoms with Gasteiger partial charge in [0.15, 0.2) is 11.2 Å². The van der Waals surface area contributed by atoms with E-state index in [0.29, 0.717) is 0 Å². The molecule has 0 spiro atoms. The summed E-state index contributed by atoms with van der Waals surface area (Å²) in [6.07, 6.45) is -3.44. The van der Waals surface area contributed by atoms with Crippen molar-refractivity contribution in [2.75, 3.05) is 5.32 Å². The van der Waals surface area contributed by atoms with Crippen LogP contribution in [-0.2, 0) is 31.6 Å². The Balaban J connectivity index is 1.95. The van der Waals surface area contributed by atoms with Crippen LogP contribution in [-0.4, -0.2) is 24.6 Å². The summed E-state index contributed by atoms with van der Waals surface area (Å²) in [6.45, 7) is -0.448. The van der Waals surface area contributed by atoms with E-state index in [2.05, 4.69) is 10.3 Å². The molecule has 0 aliphatic carbocycles. The molecule has 0 aliphatic heterocycles. The Morgan fingerprint density at radius 1 is 1.15 bits per heavy atom. The molecule has 1 aromatic carbocycles. The van der Waals surface area contributed by atoms with Gasteiger partial charge >= 0.3 is 11.9 Å². The van der Waals surface area contributed by atoms with Crippen LogP contribution in [0, 0.1) is 0 Å². The minimum absolute atomic E-state index is 0.00106. The molecule has 0 aliphatic rings. The highest BCUT2D eigenvalue weighted by atomic mass is 19.4. The van der Waals surface area contributed by atoms with Gasteiger partial charge in [-0.3, -0.25) is 18.7 Å². The molecule has 2 aromatic heterocycles. The first-order valence-corrected chi connectivity index (χ1v) is 7.68. The Hall–Kier alpha value is -3.37. The fourth-order valence-corrected chi connectivity index (χ4v) is 2.70. The number of benzene rings is 1. The van der Waals surface area contributed by atoms with Gasteiger partial charge in [0.25, 0.3) is 5.56 Å². The monoisotopic (exact) mass is 381 g/mol. The van der Waals surface area contributed by atoms with Crippen LogP contribution in [0.4, 0.5) is 18.9 Å². The average Bonchev–Trinajstić information content (AvgIpc) is 3.01. The highest BCUT2D eigenvalue weighted by Gasteiger charge is 2.33. The number of fused-ring (bicyclic) bond motifs is 1. The van der Waals surface area contributed by atoms with Crippen molar-refractivity contribution in [3.05, 3.63) is 57.0 Å². The molecule has 11 heteroatoms. The van der Waals surface area contributed by atoms with Crippen molar-refractivity contribution in [2.24, 2.45) is 14.1 Å².